The van der Waals surface area contributed by atoms with E-state index < -0.39 is 0 Å². The number of amides is 1. The normalized spacial score (nSPS) is 15.2. The summed E-state index contributed by atoms with van der Waals surface area (Å²) < 4.78 is 0. The Hall–Kier alpha value is -1.82. The highest BCUT2D eigenvalue weighted by Gasteiger charge is 2.28. The molecule has 1 amide bonds. The molecule has 0 atom stereocenters. The van der Waals surface area contributed by atoms with Crippen LogP contribution in [0.4, 0.5) is 0 Å². The fraction of sp³-hybridized carbons (Fsp3) is 0.500. The van der Waals surface area contributed by atoms with Crippen LogP contribution in [0.25, 0.3) is 0 Å². The van der Waals surface area contributed by atoms with E-state index in [2.05, 4.69) is 6.07 Å². The highest BCUT2D eigenvalue weighted by Crippen LogP contribution is 2.26. The second-order valence-electron chi connectivity index (χ2n) is 5.30. The van der Waals surface area contributed by atoms with E-state index in [1.165, 1.54) is 0 Å². The van der Waals surface area contributed by atoms with Gasteiger partial charge in [0.15, 0.2) is 0 Å². The van der Waals surface area contributed by atoms with Crippen LogP contribution in [0.2, 0.25) is 0 Å². The van der Waals surface area contributed by atoms with Crippen LogP contribution >= 0.6 is 0 Å². The molecule has 1 aromatic rings. The molecule has 100 valence electrons. The van der Waals surface area contributed by atoms with Gasteiger partial charge >= 0.3 is 0 Å². The monoisotopic (exact) mass is 256 g/mol. The Morgan fingerprint density at radius 3 is 2.42 bits per heavy atom. The van der Waals surface area contributed by atoms with Gasteiger partial charge in [0.1, 0.15) is 6.54 Å². The molecule has 0 bridgehead atoms. The van der Waals surface area contributed by atoms with E-state index >= 15 is 0 Å². The number of nitrogens with zero attached hydrogens (tertiary/aromatic N) is 2. The van der Waals surface area contributed by atoms with Crippen molar-refractivity contribution in [2.45, 2.75) is 45.6 Å². The molecular formula is C16H20N2O. The first kappa shape index (κ1) is 13.6. The summed E-state index contributed by atoms with van der Waals surface area (Å²) in [5.41, 5.74) is 2.75. The van der Waals surface area contributed by atoms with E-state index in [1.807, 2.05) is 32.0 Å². The highest BCUT2D eigenvalue weighted by atomic mass is 16.2. The average molecular weight is 256 g/mol. The predicted molar refractivity (Wildman–Crippen MR) is 74.8 cm³/mol. The zero-order chi connectivity index (χ0) is 13.8. The van der Waals surface area contributed by atoms with Crippen molar-refractivity contribution < 1.29 is 4.79 Å². The van der Waals surface area contributed by atoms with Crippen molar-refractivity contribution in [1.29, 1.82) is 5.26 Å². The summed E-state index contributed by atoms with van der Waals surface area (Å²) in [6.07, 6.45) is 4.37. The van der Waals surface area contributed by atoms with Gasteiger partial charge in [-0.2, -0.15) is 5.26 Å². The van der Waals surface area contributed by atoms with Crippen LogP contribution in [0, 0.1) is 25.2 Å². The molecule has 1 aromatic carbocycles. The SMILES string of the molecule is Cc1cccc(C)c1C(=O)N(CC#N)C1CCCC1. The summed E-state index contributed by atoms with van der Waals surface area (Å²) in [7, 11) is 0. The Morgan fingerprint density at radius 1 is 1.32 bits per heavy atom. The van der Waals surface area contributed by atoms with Crippen LogP contribution in [-0.4, -0.2) is 23.4 Å². The van der Waals surface area contributed by atoms with Gasteiger partial charge in [0.2, 0.25) is 0 Å². The van der Waals surface area contributed by atoms with Crippen molar-refractivity contribution in [3.8, 4) is 6.07 Å². The number of rotatable bonds is 3. The average Bonchev–Trinajstić information content (AvgIpc) is 2.89. The Labute approximate surface area is 114 Å². The third-order valence-corrected chi connectivity index (χ3v) is 3.96. The van der Waals surface area contributed by atoms with Gasteiger partial charge < -0.3 is 4.90 Å². The van der Waals surface area contributed by atoms with E-state index in [0.717, 1.165) is 42.4 Å². The molecule has 0 aromatic heterocycles. The topological polar surface area (TPSA) is 44.1 Å². The van der Waals surface area contributed by atoms with Gasteiger partial charge in [-0.1, -0.05) is 31.0 Å². The van der Waals surface area contributed by atoms with Crippen molar-refractivity contribution in [3.63, 3.8) is 0 Å². The molecule has 1 aliphatic carbocycles. The minimum Gasteiger partial charge on any atom is -0.322 e. The van der Waals surface area contributed by atoms with Gasteiger partial charge in [0.05, 0.1) is 6.07 Å². The lowest BCUT2D eigenvalue weighted by Crippen LogP contribution is -2.39. The summed E-state index contributed by atoms with van der Waals surface area (Å²) in [5, 5.41) is 8.99. The maximum absolute atomic E-state index is 12.7. The van der Waals surface area contributed by atoms with Crippen molar-refractivity contribution in [2.24, 2.45) is 0 Å². The maximum Gasteiger partial charge on any atom is 0.255 e. The van der Waals surface area contributed by atoms with Gasteiger partial charge in [0.25, 0.3) is 5.91 Å². The van der Waals surface area contributed by atoms with Crippen LogP contribution in [0.15, 0.2) is 18.2 Å². The molecule has 0 heterocycles. The minimum absolute atomic E-state index is 0.0176. The van der Waals surface area contributed by atoms with E-state index in [-0.39, 0.29) is 18.5 Å². The van der Waals surface area contributed by atoms with Crippen molar-refractivity contribution in [1.82, 2.24) is 4.90 Å². The summed E-state index contributed by atoms with van der Waals surface area (Å²) in [6.45, 7) is 4.11. The first-order chi connectivity index (χ1) is 9.15. The number of nitriles is 1. The quantitative estimate of drug-likeness (QED) is 0.779. The lowest BCUT2D eigenvalue weighted by Gasteiger charge is -2.27. The largest absolute Gasteiger partial charge is 0.322 e. The van der Waals surface area contributed by atoms with Gasteiger partial charge in [-0.25, -0.2) is 0 Å². The molecule has 2 rings (SSSR count). The van der Waals surface area contributed by atoms with Crippen LogP contribution < -0.4 is 0 Å². The minimum atomic E-state index is 0.0176. The molecule has 0 aliphatic heterocycles. The van der Waals surface area contributed by atoms with Gasteiger partial charge in [-0.05, 0) is 37.8 Å². The number of carbonyl (C=O) groups is 1. The molecule has 1 fully saturated rings. The Bertz CT molecular complexity index is 490. The zero-order valence-electron chi connectivity index (χ0n) is 11.6. The zero-order valence-corrected chi connectivity index (χ0v) is 11.6. The molecule has 1 saturated carbocycles. The third-order valence-electron chi connectivity index (χ3n) is 3.96. The van der Waals surface area contributed by atoms with E-state index in [9.17, 15) is 4.79 Å². The fourth-order valence-corrected chi connectivity index (χ4v) is 2.95. The van der Waals surface area contributed by atoms with Crippen LogP contribution in [-0.2, 0) is 0 Å². The third kappa shape index (κ3) is 2.78. The lowest BCUT2D eigenvalue weighted by molar-refractivity contribution is 0.0708. The van der Waals surface area contributed by atoms with E-state index in [0.29, 0.717) is 0 Å². The summed E-state index contributed by atoms with van der Waals surface area (Å²) in [6, 6.07) is 8.26. The van der Waals surface area contributed by atoms with Crippen molar-refractivity contribution in [2.75, 3.05) is 6.54 Å². The Kier molecular flexibility index (Phi) is 4.21. The number of aryl methyl sites for hydroxylation is 2. The number of benzene rings is 1. The summed E-state index contributed by atoms with van der Waals surface area (Å²) in [4.78, 5) is 14.5. The molecule has 1 aliphatic rings. The van der Waals surface area contributed by atoms with E-state index in [4.69, 9.17) is 5.26 Å². The second kappa shape index (κ2) is 5.88. The van der Waals surface area contributed by atoms with Crippen molar-refractivity contribution >= 4 is 5.91 Å². The smallest absolute Gasteiger partial charge is 0.255 e. The first-order valence-corrected chi connectivity index (χ1v) is 6.89. The van der Waals surface area contributed by atoms with Crippen LogP contribution in [0.5, 0.6) is 0 Å². The molecule has 0 saturated heterocycles. The highest BCUT2D eigenvalue weighted by molar-refractivity contribution is 5.97. The first-order valence-electron chi connectivity index (χ1n) is 6.89. The molecular weight excluding hydrogens is 236 g/mol. The van der Waals surface area contributed by atoms with Gasteiger partial charge in [0, 0.05) is 11.6 Å². The molecule has 0 unspecified atom stereocenters. The Morgan fingerprint density at radius 2 is 1.89 bits per heavy atom. The van der Waals surface area contributed by atoms with Crippen LogP contribution in [0.1, 0.15) is 47.2 Å². The second-order valence-corrected chi connectivity index (χ2v) is 5.30. The predicted octanol–water partition coefficient (Wildman–Crippen LogP) is 3.21. The molecule has 0 N–H and O–H groups in total. The van der Waals surface area contributed by atoms with E-state index in [1.54, 1.807) is 4.90 Å². The molecule has 0 spiro atoms. The molecule has 3 heteroatoms. The Balaban J connectivity index is 2.31. The fourth-order valence-electron chi connectivity index (χ4n) is 2.95. The molecule has 3 nitrogen and oxygen atoms in total. The molecule has 0 radical (unpaired) electrons. The number of hydrogen-bond donors (Lipinski definition) is 0. The van der Waals surface area contributed by atoms with Gasteiger partial charge in [-0.15, -0.1) is 0 Å². The van der Waals surface area contributed by atoms with Crippen LogP contribution in [0.3, 0.4) is 0 Å². The van der Waals surface area contributed by atoms with Gasteiger partial charge in [-0.3, -0.25) is 4.79 Å². The molecule has 19 heavy (non-hydrogen) atoms. The lowest BCUT2D eigenvalue weighted by atomic mass is 10.0. The van der Waals surface area contributed by atoms with Crippen molar-refractivity contribution in [3.05, 3.63) is 34.9 Å². The maximum atomic E-state index is 12.7. The standard InChI is InChI=1S/C16H20N2O/c1-12-6-5-7-13(2)15(12)16(19)18(11-10-17)14-8-3-4-9-14/h5-7,14H,3-4,8-9,11H2,1-2H3. The number of hydrogen-bond acceptors (Lipinski definition) is 2. The summed E-state index contributed by atoms with van der Waals surface area (Å²) >= 11 is 0. The number of carbonyl (C=O) groups excluding carboxylic acids is 1. The summed E-state index contributed by atoms with van der Waals surface area (Å²) in [5.74, 6) is 0.0176.